The van der Waals surface area contributed by atoms with Gasteiger partial charge in [-0.25, -0.2) is 0 Å². The molecule has 1 amide bonds. The molecule has 2 aliphatic rings. The van der Waals surface area contributed by atoms with Crippen molar-refractivity contribution >= 4 is 5.91 Å². The van der Waals surface area contributed by atoms with Gasteiger partial charge in [-0.2, -0.15) is 0 Å². The van der Waals surface area contributed by atoms with Crippen LogP contribution in [0.1, 0.15) is 30.0 Å². The number of fused-ring (bicyclic) bond motifs is 1. The molecule has 1 aromatic heterocycles. The molecule has 1 N–H and O–H groups in total. The highest BCUT2D eigenvalue weighted by Gasteiger charge is 2.51. The van der Waals surface area contributed by atoms with E-state index in [-0.39, 0.29) is 11.4 Å². The van der Waals surface area contributed by atoms with E-state index in [1.807, 2.05) is 17.9 Å². The van der Waals surface area contributed by atoms with Gasteiger partial charge in [-0.3, -0.25) is 4.79 Å². The number of rotatable bonds is 1. The summed E-state index contributed by atoms with van der Waals surface area (Å²) >= 11 is 0. The first-order valence-corrected chi connectivity index (χ1v) is 6.58. The molecule has 98 valence electrons. The van der Waals surface area contributed by atoms with Crippen molar-refractivity contribution in [2.75, 3.05) is 19.6 Å². The van der Waals surface area contributed by atoms with Crippen LogP contribution < -0.4 is 5.32 Å². The minimum Gasteiger partial charge on any atom is -0.459 e. The molecule has 0 aromatic carbocycles. The van der Waals surface area contributed by atoms with Crippen LogP contribution in [0.15, 0.2) is 16.7 Å². The van der Waals surface area contributed by atoms with Gasteiger partial charge in [-0.15, -0.1) is 0 Å². The Bertz CT molecular complexity index is 478. The van der Waals surface area contributed by atoms with Gasteiger partial charge in [-0.05, 0) is 38.7 Å². The molecule has 0 spiro atoms. The number of hydrogen-bond donors (Lipinski definition) is 1. The van der Waals surface area contributed by atoms with Crippen LogP contribution >= 0.6 is 0 Å². The second-order valence-corrected chi connectivity index (χ2v) is 6.03. The number of amides is 1. The molecule has 2 saturated heterocycles. The quantitative estimate of drug-likeness (QED) is 0.822. The first-order chi connectivity index (χ1) is 8.51. The second-order valence-electron chi connectivity index (χ2n) is 6.03. The smallest absolute Gasteiger partial charge is 0.290 e. The summed E-state index contributed by atoms with van der Waals surface area (Å²) in [4.78, 5) is 14.6. The normalized spacial score (nSPS) is 29.6. The number of carbonyl (C=O) groups is 1. The van der Waals surface area contributed by atoms with Crippen molar-refractivity contribution in [3.05, 3.63) is 23.7 Å². The number of nitrogens with one attached hydrogen (secondary N) is 1. The molecule has 18 heavy (non-hydrogen) atoms. The van der Waals surface area contributed by atoms with Crippen molar-refractivity contribution in [2.45, 2.75) is 26.3 Å². The number of furan rings is 1. The van der Waals surface area contributed by atoms with E-state index in [0.29, 0.717) is 17.6 Å². The van der Waals surface area contributed by atoms with Crippen LogP contribution in [0.3, 0.4) is 0 Å². The molecule has 2 fully saturated rings. The van der Waals surface area contributed by atoms with Crippen LogP contribution in [0, 0.1) is 18.8 Å². The summed E-state index contributed by atoms with van der Waals surface area (Å²) in [5, 5.41) is 3.42. The van der Waals surface area contributed by atoms with E-state index in [1.165, 1.54) is 0 Å². The first-order valence-electron chi connectivity index (χ1n) is 6.58. The maximum Gasteiger partial charge on any atom is 0.290 e. The molecular formula is C14H20N2O2. The number of aryl methyl sites for hydroxylation is 1. The molecule has 0 radical (unpaired) electrons. The minimum absolute atomic E-state index is 0.0388. The van der Waals surface area contributed by atoms with Crippen LogP contribution in [-0.4, -0.2) is 36.0 Å². The lowest BCUT2D eigenvalue weighted by atomic mass is 9.85. The molecule has 1 aromatic rings. The van der Waals surface area contributed by atoms with Crippen molar-refractivity contribution in [1.82, 2.24) is 10.2 Å². The van der Waals surface area contributed by atoms with Crippen molar-refractivity contribution in [3.63, 3.8) is 0 Å². The number of likely N-dealkylation sites (tertiary alicyclic amines) is 1. The first kappa shape index (κ1) is 11.8. The lowest BCUT2D eigenvalue weighted by molar-refractivity contribution is 0.0570. The van der Waals surface area contributed by atoms with Crippen molar-refractivity contribution in [2.24, 2.45) is 11.8 Å². The highest BCUT2D eigenvalue weighted by molar-refractivity contribution is 5.93. The molecule has 4 nitrogen and oxygen atoms in total. The van der Waals surface area contributed by atoms with Gasteiger partial charge in [0.2, 0.25) is 0 Å². The summed E-state index contributed by atoms with van der Waals surface area (Å²) in [6.07, 6.45) is 1.59. The van der Waals surface area contributed by atoms with Crippen LogP contribution in [0.25, 0.3) is 0 Å². The van der Waals surface area contributed by atoms with Crippen molar-refractivity contribution < 1.29 is 9.21 Å². The summed E-state index contributed by atoms with van der Waals surface area (Å²) < 4.78 is 5.35. The van der Waals surface area contributed by atoms with Gasteiger partial charge in [-0.1, -0.05) is 0 Å². The lowest BCUT2D eigenvalue weighted by Gasteiger charge is -2.35. The van der Waals surface area contributed by atoms with E-state index in [4.69, 9.17) is 4.42 Å². The predicted octanol–water partition coefficient (Wildman–Crippen LogP) is 1.66. The fourth-order valence-corrected chi connectivity index (χ4v) is 3.48. The fraction of sp³-hybridized carbons (Fsp3) is 0.643. The Labute approximate surface area is 107 Å². The third-order valence-corrected chi connectivity index (χ3v) is 4.66. The number of hydrogen-bond acceptors (Lipinski definition) is 3. The molecule has 2 atom stereocenters. The molecule has 3 rings (SSSR count). The fourth-order valence-electron chi connectivity index (χ4n) is 3.48. The van der Waals surface area contributed by atoms with Crippen molar-refractivity contribution in [1.29, 1.82) is 0 Å². The Kier molecular flexibility index (Phi) is 2.52. The average Bonchev–Trinajstić information content (AvgIpc) is 2.96. The zero-order chi connectivity index (χ0) is 12.9. The Morgan fingerprint density at radius 1 is 1.50 bits per heavy atom. The summed E-state index contributed by atoms with van der Waals surface area (Å²) in [7, 11) is 0. The molecule has 0 bridgehead atoms. The third-order valence-electron chi connectivity index (χ3n) is 4.66. The zero-order valence-corrected chi connectivity index (χ0v) is 11.2. The van der Waals surface area contributed by atoms with E-state index in [2.05, 4.69) is 19.2 Å². The topological polar surface area (TPSA) is 45.5 Å². The Hall–Kier alpha value is -1.29. The highest BCUT2D eigenvalue weighted by atomic mass is 16.3. The van der Waals surface area contributed by atoms with Crippen LogP contribution in [0.2, 0.25) is 0 Å². The molecular weight excluding hydrogens is 228 g/mol. The second kappa shape index (κ2) is 3.85. The zero-order valence-electron chi connectivity index (χ0n) is 11.2. The Balaban J connectivity index is 1.90. The average molecular weight is 248 g/mol. The van der Waals surface area contributed by atoms with E-state index in [9.17, 15) is 4.79 Å². The van der Waals surface area contributed by atoms with E-state index in [1.54, 1.807) is 6.26 Å². The summed E-state index contributed by atoms with van der Waals surface area (Å²) in [5.41, 5.74) is 0.829. The van der Waals surface area contributed by atoms with Crippen LogP contribution in [0.5, 0.6) is 0 Å². The van der Waals surface area contributed by atoms with Gasteiger partial charge in [0.25, 0.3) is 5.91 Å². The number of carbonyl (C=O) groups excluding carboxylic acids is 1. The van der Waals surface area contributed by atoms with Crippen LogP contribution in [-0.2, 0) is 0 Å². The summed E-state index contributed by atoms with van der Waals surface area (Å²) in [5.74, 6) is 1.67. The molecule has 2 aliphatic heterocycles. The maximum absolute atomic E-state index is 12.6. The monoisotopic (exact) mass is 248 g/mol. The van der Waals surface area contributed by atoms with Crippen molar-refractivity contribution in [3.8, 4) is 0 Å². The molecule has 3 heterocycles. The van der Waals surface area contributed by atoms with E-state index < -0.39 is 0 Å². The minimum atomic E-state index is -0.0928. The lowest BCUT2D eigenvalue weighted by Crippen LogP contribution is -2.47. The van der Waals surface area contributed by atoms with Gasteiger partial charge in [0.05, 0.1) is 6.26 Å². The SMILES string of the molecule is Cc1ccoc1C(=O)N1CC2CNCC2C1(C)C. The van der Waals surface area contributed by atoms with E-state index in [0.717, 1.165) is 25.2 Å². The molecule has 4 heteroatoms. The standard InChI is InChI=1S/C14H20N2O2/c1-9-4-5-18-12(9)13(17)16-8-10-6-15-7-11(10)14(16,2)3/h4-5,10-11,15H,6-8H2,1-3H3. The highest BCUT2D eigenvalue weighted by Crippen LogP contribution is 2.41. The van der Waals surface area contributed by atoms with Crippen LogP contribution in [0.4, 0.5) is 0 Å². The molecule has 0 saturated carbocycles. The maximum atomic E-state index is 12.6. The third kappa shape index (κ3) is 1.52. The Morgan fingerprint density at radius 3 is 2.89 bits per heavy atom. The predicted molar refractivity (Wildman–Crippen MR) is 68.4 cm³/mol. The van der Waals surface area contributed by atoms with Gasteiger partial charge in [0, 0.05) is 30.7 Å². The van der Waals surface area contributed by atoms with Gasteiger partial charge < -0.3 is 14.6 Å². The van der Waals surface area contributed by atoms with Gasteiger partial charge in [0.15, 0.2) is 5.76 Å². The number of nitrogens with zero attached hydrogens (tertiary/aromatic N) is 1. The summed E-state index contributed by atoms with van der Waals surface area (Å²) in [6, 6.07) is 1.85. The van der Waals surface area contributed by atoms with E-state index >= 15 is 0 Å². The molecule has 0 aliphatic carbocycles. The van der Waals surface area contributed by atoms with Gasteiger partial charge in [0.1, 0.15) is 0 Å². The molecule has 2 unspecified atom stereocenters. The largest absolute Gasteiger partial charge is 0.459 e. The van der Waals surface area contributed by atoms with Gasteiger partial charge >= 0.3 is 0 Å². The Morgan fingerprint density at radius 2 is 2.28 bits per heavy atom. The summed E-state index contributed by atoms with van der Waals surface area (Å²) in [6.45, 7) is 9.13.